The van der Waals surface area contributed by atoms with Gasteiger partial charge in [-0.25, -0.2) is 9.98 Å². The highest BCUT2D eigenvalue weighted by Gasteiger charge is 2.32. The molecular weight excluding hydrogens is 978 g/mol. The number of aliphatic imine (C=N–C) groups is 1. The van der Waals surface area contributed by atoms with Gasteiger partial charge in [-0.2, -0.15) is 9.97 Å². The Hall–Kier alpha value is -10.3. The maximum atomic E-state index is 16.4. The van der Waals surface area contributed by atoms with Crippen molar-refractivity contribution in [2.24, 2.45) is 4.99 Å². The summed E-state index contributed by atoms with van der Waals surface area (Å²) in [5.74, 6) is 1.93. The lowest BCUT2D eigenvalue weighted by Crippen LogP contribution is -2.25. The maximum absolute atomic E-state index is 16.4. The van der Waals surface area contributed by atoms with Crippen molar-refractivity contribution in [3.05, 3.63) is 278 Å². The third-order valence-corrected chi connectivity index (χ3v) is 17.5. The Morgan fingerprint density at radius 3 is 1.45 bits per heavy atom. The number of fused-ring (bicyclic) bond motifs is 8. The molecule has 0 bridgehead atoms. The summed E-state index contributed by atoms with van der Waals surface area (Å²) in [5, 5.41) is 15.5. The van der Waals surface area contributed by atoms with E-state index in [0.29, 0.717) is 34.3 Å². The number of nitrogens with zero attached hydrogens (tertiary/aromatic N) is 7. The third kappa shape index (κ3) is 7.81. The fourth-order valence-electron chi connectivity index (χ4n) is 10.9. The summed E-state index contributed by atoms with van der Waals surface area (Å²) in [7, 11) is -3.51. The molecular formula is C67H46N9OP. The van der Waals surface area contributed by atoms with Crippen LogP contribution in [0.3, 0.4) is 0 Å². The Labute approximate surface area is 448 Å². The molecule has 14 rings (SSSR count). The van der Waals surface area contributed by atoms with E-state index < -0.39 is 7.14 Å². The summed E-state index contributed by atoms with van der Waals surface area (Å²) < 4.78 is 22.9. The quantitative estimate of drug-likeness (QED) is 0.0803. The number of hydrogen-bond acceptors (Lipinski definition) is 5. The predicted molar refractivity (Wildman–Crippen MR) is 320 cm³/mol. The van der Waals surface area contributed by atoms with E-state index in [1.807, 2.05) is 188 Å². The van der Waals surface area contributed by atoms with E-state index in [1.165, 1.54) is 0 Å². The SMILES string of the molecule is N=C(N=C(Nn1c2cc(-n3c4ccccc4c4ccccc43)ccc2c2c1c1ccc(P(=O)(c3ccccc3)c3ccccc3)cc1n2-c1nc(-c2ccccc2)nc(-c2ccccc2)n1)c1ccccc1)c1ccccc1. The van der Waals surface area contributed by atoms with Crippen LogP contribution in [0.2, 0.25) is 0 Å². The molecule has 0 spiro atoms. The van der Waals surface area contributed by atoms with Crippen LogP contribution in [0, 0.1) is 5.41 Å². The molecule has 0 saturated carbocycles. The van der Waals surface area contributed by atoms with Gasteiger partial charge in [0.05, 0.1) is 33.1 Å². The van der Waals surface area contributed by atoms with Gasteiger partial charge >= 0.3 is 0 Å². The van der Waals surface area contributed by atoms with Gasteiger partial charge < -0.3 is 9.13 Å². The molecule has 4 heterocycles. The van der Waals surface area contributed by atoms with Crippen LogP contribution in [0.4, 0.5) is 0 Å². The van der Waals surface area contributed by atoms with E-state index in [9.17, 15) is 5.41 Å². The Morgan fingerprint density at radius 1 is 0.410 bits per heavy atom. The molecule has 0 aliphatic carbocycles. The molecule has 0 aliphatic heterocycles. The lowest BCUT2D eigenvalue weighted by molar-refractivity contribution is 0.592. The predicted octanol–water partition coefficient (Wildman–Crippen LogP) is 14.0. The lowest BCUT2D eigenvalue weighted by atomic mass is 10.2. The monoisotopic (exact) mass is 1020 g/mol. The van der Waals surface area contributed by atoms with Gasteiger partial charge in [-0.1, -0.05) is 224 Å². The molecule has 0 radical (unpaired) electrons. The molecule has 11 heteroatoms. The summed E-state index contributed by atoms with van der Waals surface area (Å²) in [5.41, 5.74) is 13.2. The molecule has 14 aromatic rings. The first-order valence-corrected chi connectivity index (χ1v) is 27.5. The number of nitrogens with one attached hydrogen (secondary N) is 2. The summed E-state index contributed by atoms with van der Waals surface area (Å²) in [6, 6.07) is 88.6. The fourth-order valence-corrected chi connectivity index (χ4v) is 13.5. The summed E-state index contributed by atoms with van der Waals surface area (Å²) in [6.07, 6.45) is 0. The third-order valence-electron chi connectivity index (χ3n) is 14.5. The molecule has 10 nitrogen and oxygen atoms in total. The zero-order chi connectivity index (χ0) is 52.2. The molecule has 0 atom stereocenters. The molecule has 0 unspecified atom stereocenters. The average Bonchev–Trinajstić information content (AvgIpc) is 4.36. The largest absolute Gasteiger partial charge is 0.309 e. The first-order chi connectivity index (χ1) is 38.5. The Balaban J connectivity index is 1.13. The second-order valence-corrected chi connectivity index (χ2v) is 21.9. The van der Waals surface area contributed by atoms with Gasteiger partial charge in [0.25, 0.3) is 0 Å². The second kappa shape index (κ2) is 19.1. The van der Waals surface area contributed by atoms with E-state index in [4.69, 9.17) is 19.9 Å². The summed E-state index contributed by atoms with van der Waals surface area (Å²) >= 11 is 0. The minimum Gasteiger partial charge on any atom is -0.309 e. The zero-order valence-corrected chi connectivity index (χ0v) is 42.8. The number of rotatable bonds is 10. The van der Waals surface area contributed by atoms with Crippen molar-refractivity contribution in [2.75, 3.05) is 5.43 Å². The first-order valence-electron chi connectivity index (χ1n) is 25.7. The number of aromatic nitrogens is 6. The number of para-hydroxylation sites is 2. The van der Waals surface area contributed by atoms with E-state index in [2.05, 4.69) is 98.1 Å². The average molecular weight is 1020 g/mol. The molecule has 2 N–H and O–H groups in total. The van der Waals surface area contributed by atoms with Gasteiger partial charge in [0, 0.05) is 65.4 Å². The van der Waals surface area contributed by atoms with E-state index in [1.54, 1.807) is 0 Å². The van der Waals surface area contributed by atoms with Gasteiger partial charge in [0.2, 0.25) is 5.95 Å². The normalized spacial score (nSPS) is 12.0. The number of benzene rings is 10. The van der Waals surface area contributed by atoms with Gasteiger partial charge in [-0.15, -0.1) is 0 Å². The number of hydrogen-bond donors (Lipinski definition) is 2. The minimum absolute atomic E-state index is 0.0948. The van der Waals surface area contributed by atoms with Crippen LogP contribution in [-0.2, 0) is 4.57 Å². The molecule has 0 amide bonds. The lowest BCUT2D eigenvalue weighted by Gasteiger charge is -2.20. The van der Waals surface area contributed by atoms with Gasteiger partial charge in [-0.05, 0) is 42.5 Å². The Bertz CT molecular complexity index is 4520. The van der Waals surface area contributed by atoms with Crippen molar-refractivity contribution < 1.29 is 4.57 Å². The molecule has 0 fully saturated rings. The van der Waals surface area contributed by atoms with Gasteiger partial charge in [0.1, 0.15) is 0 Å². The topological polar surface area (TPSA) is 119 Å². The molecule has 4 aromatic heterocycles. The highest BCUT2D eigenvalue weighted by molar-refractivity contribution is 7.85. The molecule has 0 saturated heterocycles. The fraction of sp³-hybridized carbons (Fsp3) is 0. The van der Waals surface area contributed by atoms with Crippen molar-refractivity contribution in [1.82, 2.24) is 28.8 Å². The smallest absolute Gasteiger partial charge is 0.238 e. The molecule has 78 heavy (non-hydrogen) atoms. The Kier molecular flexibility index (Phi) is 11.3. The second-order valence-electron chi connectivity index (χ2n) is 19.1. The van der Waals surface area contributed by atoms with Crippen LogP contribution in [0.1, 0.15) is 11.1 Å². The molecule has 0 aliphatic rings. The van der Waals surface area contributed by atoms with Crippen molar-refractivity contribution in [3.63, 3.8) is 0 Å². The van der Waals surface area contributed by atoms with Crippen LogP contribution in [0.15, 0.2) is 272 Å². The van der Waals surface area contributed by atoms with Crippen molar-refractivity contribution in [3.8, 4) is 34.4 Å². The molecule has 10 aromatic carbocycles. The highest BCUT2D eigenvalue weighted by Crippen LogP contribution is 2.46. The molecule has 370 valence electrons. The standard InChI is InChI=1S/C67H46N9OP/c68-63(45-23-7-1-8-24-45)69-66(48-29-13-4-14-30-48)73-76-60-43-49(74-57-37-21-19-35-53(57)54-36-20-22-38-58(54)74)39-41-56(60)61-62(76)55-42-40-52(78(77,50-31-15-5-16-32-50)51-33-17-6-18-34-51)44-59(55)75(61)67-71-64(46-25-9-2-10-26-46)70-65(72-67)47-27-11-3-12-28-47/h1-44H,(H2,68,69,73). The van der Waals surface area contributed by atoms with Crippen LogP contribution in [0.25, 0.3) is 89.1 Å². The zero-order valence-electron chi connectivity index (χ0n) is 41.9. The highest BCUT2D eigenvalue weighted by atomic mass is 31.2. The van der Waals surface area contributed by atoms with Gasteiger partial charge in [0.15, 0.2) is 30.5 Å². The van der Waals surface area contributed by atoms with Crippen LogP contribution in [0.5, 0.6) is 0 Å². The van der Waals surface area contributed by atoms with Gasteiger partial charge in [-0.3, -0.25) is 20.1 Å². The maximum Gasteiger partial charge on any atom is 0.238 e. The van der Waals surface area contributed by atoms with E-state index in [-0.39, 0.29) is 5.84 Å². The van der Waals surface area contributed by atoms with E-state index in [0.717, 1.165) is 87.6 Å². The van der Waals surface area contributed by atoms with Crippen molar-refractivity contribution in [1.29, 1.82) is 5.41 Å². The summed E-state index contributed by atoms with van der Waals surface area (Å²) in [4.78, 5) is 21.0. The van der Waals surface area contributed by atoms with Crippen LogP contribution >= 0.6 is 7.14 Å². The van der Waals surface area contributed by atoms with Crippen LogP contribution < -0.4 is 21.3 Å². The van der Waals surface area contributed by atoms with Crippen LogP contribution in [-0.4, -0.2) is 40.4 Å². The van der Waals surface area contributed by atoms with E-state index >= 15 is 4.57 Å². The summed E-state index contributed by atoms with van der Waals surface area (Å²) in [6.45, 7) is 0. The number of amidine groups is 2. The first kappa shape index (κ1) is 46.3. The van der Waals surface area contributed by atoms with Crippen molar-refractivity contribution >= 4 is 89.4 Å². The van der Waals surface area contributed by atoms with Crippen molar-refractivity contribution in [2.45, 2.75) is 0 Å². The minimum atomic E-state index is -3.51. The Morgan fingerprint density at radius 2 is 0.885 bits per heavy atom.